The molecule has 0 aliphatic heterocycles. The van der Waals surface area contributed by atoms with Crippen LogP contribution in [0.3, 0.4) is 0 Å². The first kappa shape index (κ1) is 18.7. The molecule has 146 valence electrons. The maximum atomic E-state index is 12.8. The van der Waals surface area contributed by atoms with Gasteiger partial charge in [-0.3, -0.25) is 4.72 Å². The second-order valence-corrected chi connectivity index (χ2v) is 8.78. The van der Waals surface area contributed by atoms with E-state index in [9.17, 15) is 8.42 Å². The fourth-order valence-electron chi connectivity index (χ4n) is 3.49. The summed E-state index contributed by atoms with van der Waals surface area (Å²) in [5.74, 6) is 0.822. The van der Waals surface area contributed by atoms with Gasteiger partial charge in [0, 0.05) is 0 Å². The number of nitrogens with zero attached hydrogens (tertiary/aromatic N) is 2. The van der Waals surface area contributed by atoms with Crippen LogP contribution < -0.4 is 9.46 Å². The average molecular weight is 398 g/mol. The first-order valence-corrected chi connectivity index (χ1v) is 11.1. The van der Waals surface area contributed by atoms with Crippen molar-refractivity contribution < 1.29 is 13.2 Å². The fraction of sp³-hybridized carbons (Fsp3) is 0.333. The summed E-state index contributed by atoms with van der Waals surface area (Å²) >= 11 is 0. The fourth-order valence-corrected chi connectivity index (χ4v) is 4.51. The lowest BCUT2D eigenvalue weighted by atomic mass is 9.90. The molecule has 3 aromatic rings. The molecule has 1 fully saturated rings. The summed E-state index contributed by atoms with van der Waals surface area (Å²) in [5.41, 5.74) is 1.28. The molecule has 0 spiro atoms. The summed E-state index contributed by atoms with van der Waals surface area (Å²) in [6.07, 6.45) is 5.96. The number of anilines is 1. The molecule has 28 heavy (non-hydrogen) atoms. The van der Waals surface area contributed by atoms with Crippen LogP contribution in [-0.2, 0) is 10.0 Å². The molecule has 7 heteroatoms. The van der Waals surface area contributed by atoms with Crippen molar-refractivity contribution in [1.82, 2.24) is 9.97 Å². The minimum absolute atomic E-state index is 0.123. The topological polar surface area (TPSA) is 81.2 Å². The number of fused-ring (bicyclic) bond motifs is 1. The molecule has 4 rings (SSSR count). The molecule has 0 bridgehead atoms. The van der Waals surface area contributed by atoms with E-state index in [-0.39, 0.29) is 16.6 Å². The number of rotatable bonds is 6. The van der Waals surface area contributed by atoms with Gasteiger partial charge in [-0.1, -0.05) is 49.6 Å². The van der Waals surface area contributed by atoms with Crippen LogP contribution in [0.4, 0.5) is 5.82 Å². The molecule has 1 aliphatic rings. The van der Waals surface area contributed by atoms with E-state index >= 15 is 0 Å². The van der Waals surface area contributed by atoms with Gasteiger partial charge in [0.1, 0.15) is 0 Å². The summed E-state index contributed by atoms with van der Waals surface area (Å²) in [6, 6.07) is 15.6. The Morgan fingerprint density at radius 3 is 2.25 bits per heavy atom. The van der Waals surface area contributed by atoms with Crippen molar-refractivity contribution in [3.05, 3.63) is 54.6 Å². The van der Waals surface area contributed by atoms with E-state index in [2.05, 4.69) is 14.7 Å². The summed E-state index contributed by atoms with van der Waals surface area (Å²) in [6.45, 7) is 0.521. The minimum Gasteiger partial charge on any atom is -0.475 e. The maximum absolute atomic E-state index is 12.8. The Hall–Kier alpha value is -2.67. The highest BCUT2D eigenvalue weighted by molar-refractivity contribution is 7.92. The van der Waals surface area contributed by atoms with Crippen molar-refractivity contribution in [1.29, 1.82) is 0 Å². The van der Waals surface area contributed by atoms with Crippen LogP contribution in [0.25, 0.3) is 11.0 Å². The Bertz CT molecular complexity index is 1050. The summed E-state index contributed by atoms with van der Waals surface area (Å²) in [5, 5.41) is 0. The number of aromatic nitrogens is 2. The van der Waals surface area contributed by atoms with Gasteiger partial charge in [-0.2, -0.15) is 0 Å². The van der Waals surface area contributed by atoms with Crippen LogP contribution >= 0.6 is 0 Å². The zero-order valence-electron chi connectivity index (χ0n) is 15.5. The van der Waals surface area contributed by atoms with Gasteiger partial charge in [-0.25, -0.2) is 18.4 Å². The Morgan fingerprint density at radius 1 is 0.893 bits per heavy atom. The van der Waals surface area contributed by atoms with Crippen LogP contribution in [0.1, 0.15) is 32.1 Å². The van der Waals surface area contributed by atoms with Crippen molar-refractivity contribution >= 4 is 26.9 Å². The lowest BCUT2D eigenvalue weighted by Gasteiger charge is -2.22. The molecule has 1 N–H and O–H groups in total. The van der Waals surface area contributed by atoms with Crippen molar-refractivity contribution in [2.45, 2.75) is 37.0 Å². The minimum atomic E-state index is -3.78. The Kier molecular flexibility index (Phi) is 5.43. The van der Waals surface area contributed by atoms with Gasteiger partial charge in [0.25, 0.3) is 15.9 Å². The van der Waals surface area contributed by atoms with Crippen LogP contribution in [0.5, 0.6) is 5.88 Å². The van der Waals surface area contributed by atoms with E-state index in [1.54, 1.807) is 36.4 Å². The highest BCUT2D eigenvalue weighted by Gasteiger charge is 2.21. The van der Waals surface area contributed by atoms with Crippen LogP contribution in [0.15, 0.2) is 59.5 Å². The second kappa shape index (κ2) is 8.14. The lowest BCUT2D eigenvalue weighted by Crippen LogP contribution is -2.19. The monoisotopic (exact) mass is 397 g/mol. The highest BCUT2D eigenvalue weighted by atomic mass is 32.2. The average Bonchev–Trinajstić information content (AvgIpc) is 2.73. The van der Waals surface area contributed by atoms with Crippen LogP contribution in [0, 0.1) is 5.92 Å². The predicted molar refractivity (Wildman–Crippen MR) is 109 cm³/mol. The van der Waals surface area contributed by atoms with Gasteiger partial charge < -0.3 is 4.74 Å². The lowest BCUT2D eigenvalue weighted by molar-refractivity contribution is 0.204. The molecule has 0 atom stereocenters. The third-order valence-electron chi connectivity index (χ3n) is 5.00. The van der Waals surface area contributed by atoms with Crippen molar-refractivity contribution in [3.8, 4) is 5.88 Å². The molecule has 0 amide bonds. The smallest absolute Gasteiger partial charge is 0.263 e. The van der Waals surface area contributed by atoms with Crippen LogP contribution in [-0.4, -0.2) is 25.0 Å². The molecule has 1 aliphatic carbocycles. The number of benzene rings is 2. The zero-order valence-corrected chi connectivity index (χ0v) is 16.4. The van der Waals surface area contributed by atoms with Gasteiger partial charge in [-0.15, -0.1) is 0 Å². The van der Waals surface area contributed by atoms with Crippen molar-refractivity contribution in [3.63, 3.8) is 0 Å². The number of sulfonamides is 1. The van der Waals surface area contributed by atoms with Gasteiger partial charge in [0.05, 0.1) is 22.5 Å². The van der Waals surface area contributed by atoms with E-state index in [4.69, 9.17) is 4.74 Å². The first-order valence-electron chi connectivity index (χ1n) is 9.59. The molecular weight excluding hydrogens is 374 g/mol. The number of ether oxygens (including phenoxy) is 1. The summed E-state index contributed by atoms with van der Waals surface area (Å²) in [4.78, 5) is 9.17. The normalized spacial score (nSPS) is 15.4. The van der Waals surface area contributed by atoms with Gasteiger partial charge in [0.2, 0.25) is 5.82 Å². The van der Waals surface area contributed by atoms with E-state index in [0.29, 0.717) is 23.6 Å². The number of para-hydroxylation sites is 2. The van der Waals surface area contributed by atoms with E-state index in [1.807, 2.05) is 18.2 Å². The van der Waals surface area contributed by atoms with E-state index < -0.39 is 10.0 Å². The second-order valence-electron chi connectivity index (χ2n) is 7.10. The molecule has 0 unspecified atom stereocenters. The van der Waals surface area contributed by atoms with Crippen molar-refractivity contribution in [2.24, 2.45) is 5.92 Å². The van der Waals surface area contributed by atoms with E-state index in [0.717, 1.165) is 12.8 Å². The quantitative estimate of drug-likeness (QED) is 0.667. The van der Waals surface area contributed by atoms with Gasteiger partial charge in [0.15, 0.2) is 0 Å². The highest BCUT2D eigenvalue weighted by Crippen LogP contribution is 2.29. The first-order chi connectivity index (χ1) is 13.6. The molecule has 0 radical (unpaired) electrons. The molecular formula is C21H23N3O3S. The zero-order chi connectivity index (χ0) is 19.4. The SMILES string of the molecule is O=S(=O)(Nc1nc2ccccc2nc1OCC1CCCCC1)c1ccccc1. The largest absolute Gasteiger partial charge is 0.475 e. The molecule has 6 nitrogen and oxygen atoms in total. The molecule has 1 aromatic heterocycles. The molecule has 1 saturated carbocycles. The Labute approximate surface area is 165 Å². The number of nitrogens with one attached hydrogen (secondary N) is 1. The molecule has 2 aromatic carbocycles. The Morgan fingerprint density at radius 2 is 1.54 bits per heavy atom. The molecule has 0 saturated heterocycles. The van der Waals surface area contributed by atoms with Crippen molar-refractivity contribution in [2.75, 3.05) is 11.3 Å². The van der Waals surface area contributed by atoms with E-state index in [1.165, 1.54) is 19.3 Å². The maximum Gasteiger partial charge on any atom is 0.263 e. The Balaban J connectivity index is 1.65. The van der Waals surface area contributed by atoms with Gasteiger partial charge >= 0.3 is 0 Å². The third-order valence-corrected chi connectivity index (χ3v) is 6.36. The summed E-state index contributed by atoms with van der Waals surface area (Å²) < 4.78 is 34.0. The third kappa shape index (κ3) is 4.25. The molecule has 1 heterocycles. The predicted octanol–water partition coefficient (Wildman–Crippen LogP) is 4.39. The number of hydrogen-bond acceptors (Lipinski definition) is 5. The standard InChI is InChI=1S/C21H23N3O3S/c25-28(26,17-11-5-2-6-12-17)24-20-21(27-15-16-9-3-1-4-10-16)23-19-14-8-7-13-18(19)22-20/h2,5-8,11-14,16H,1,3-4,9-10,15H2,(H,22,24). The van der Waals surface area contributed by atoms with Gasteiger partial charge in [-0.05, 0) is 43.0 Å². The van der Waals surface area contributed by atoms with Crippen LogP contribution in [0.2, 0.25) is 0 Å². The number of hydrogen-bond donors (Lipinski definition) is 1. The summed E-state index contributed by atoms with van der Waals surface area (Å²) in [7, 11) is -3.78.